The molecule has 0 aliphatic heterocycles. The number of Topliss-reactive ketones (excluding diaryl/α,β-unsaturated/α-hetero) is 3. The van der Waals surface area contributed by atoms with Gasteiger partial charge in [0.1, 0.15) is 17.3 Å². The van der Waals surface area contributed by atoms with E-state index in [1.165, 1.54) is 0 Å². The molecule has 0 radical (unpaired) electrons. The Bertz CT molecular complexity index is 628. The molecule has 0 N–H and O–H groups in total. The van der Waals surface area contributed by atoms with Gasteiger partial charge in [-0.1, -0.05) is 12.8 Å². The van der Waals surface area contributed by atoms with Crippen molar-refractivity contribution in [3.63, 3.8) is 0 Å². The summed E-state index contributed by atoms with van der Waals surface area (Å²) in [6.45, 7) is 2.00. The average molecular weight is 288 g/mol. The maximum Gasteiger partial charge on any atom is 0.145 e. The molecule has 0 aromatic rings. The van der Waals surface area contributed by atoms with Crippen LogP contribution in [0, 0.1) is 35.0 Å². The second kappa shape index (κ2) is 5.40. The summed E-state index contributed by atoms with van der Waals surface area (Å²) < 4.78 is 16.1. The molecule has 0 bridgehead atoms. The molecule has 0 saturated heterocycles. The quantitative estimate of drug-likeness (QED) is 0.644. The van der Waals surface area contributed by atoms with E-state index < -0.39 is 18.1 Å². The standard InChI is InChI=1S/C18H22O3/c1-18-11-10-14-13(15(18)7-9-17(18)21)5-3-2-4-12(19)6-8-16(14)20/h13-15H,4-11H2,1H3/t13-,14+,15+,18+/m1/s1/i8D2. The highest BCUT2D eigenvalue weighted by molar-refractivity contribution is 5.90. The van der Waals surface area contributed by atoms with Crippen molar-refractivity contribution in [3.05, 3.63) is 0 Å². The van der Waals surface area contributed by atoms with Crippen molar-refractivity contribution in [3.8, 4) is 11.8 Å². The Hall–Kier alpha value is -1.43. The van der Waals surface area contributed by atoms with Crippen LogP contribution in [0.3, 0.4) is 0 Å². The van der Waals surface area contributed by atoms with E-state index in [0.717, 1.165) is 6.42 Å². The molecule has 0 spiro atoms. The molecular weight excluding hydrogens is 264 g/mol. The Kier molecular flexibility index (Phi) is 3.13. The minimum absolute atomic E-state index is 0.00500. The van der Waals surface area contributed by atoms with Gasteiger partial charge in [-0.2, -0.15) is 0 Å². The second-order valence-electron chi connectivity index (χ2n) is 6.79. The highest BCUT2D eigenvalue weighted by atomic mass is 16.1. The number of hydrogen-bond acceptors (Lipinski definition) is 3. The van der Waals surface area contributed by atoms with Gasteiger partial charge in [0.15, 0.2) is 0 Å². The fraction of sp³-hybridized carbons (Fsp3) is 0.722. The van der Waals surface area contributed by atoms with Crippen molar-refractivity contribution in [2.75, 3.05) is 0 Å². The van der Waals surface area contributed by atoms with Crippen LogP contribution < -0.4 is 0 Å². The fourth-order valence-electron chi connectivity index (χ4n) is 4.40. The SMILES string of the molecule is [2H]C1([2H])CC(=O)CC#CC[C@@H]2[C@H](CC[C@]3(C)C(=O)CC[C@@H]23)C1=O. The second-order valence-corrected chi connectivity index (χ2v) is 6.79. The lowest BCUT2D eigenvalue weighted by Gasteiger charge is -2.44. The third-order valence-corrected chi connectivity index (χ3v) is 5.69. The Morgan fingerprint density at radius 3 is 2.81 bits per heavy atom. The van der Waals surface area contributed by atoms with Gasteiger partial charge in [-0.15, -0.1) is 5.92 Å². The van der Waals surface area contributed by atoms with Crippen LogP contribution in [0.25, 0.3) is 0 Å². The monoisotopic (exact) mass is 288 g/mol. The van der Waals surface area contributed by atoms with Crippen LogP contribution in [0.2, 0.25) is 0 Å². The third-order valence-electron chi connectivity index (χ3n) is 5.69. The summed E-state index contributed by atoms with van der Waals surface area (Å²) in [6, 6.07) is 0. The minimum Gasteiger partial charge on any atom is -0.299 e. The molecule has 3 heteroatoms. The highest BCUT2D eigenvalue weighted by Crippen LogP contribution is 2.55. The molecule has 3 aliphatic carbocycles. The number of carbonyl (C=O) groups excluding carboxylic acids is 3. The molecule has 2 saturated carbocycles. The first-order chi connectivity index (χ1) is 10.8. The molecule has 0 aromatic carbocycles. The van der Waals surface area contributed by atoms with Gasteiger partial charge in [0.05, 0.1) is 6.42 Å². The largest absolute Gasteiger partial charge is 0.299 e. The fourth-order valence-corrected chi connectivity index (χ4v) is 4.40. The smallest absolute Gasteiger partial charge is 0.145 e. The molecule has 0 unspecified atom stereocenters. The topological polar surface area (TPSA) is 51.2 Å². The Morgan fingerprint density at radius 1 is 1.19 bits per heavy atom. The van der Waals surface area contributed by atoms with Crippen molar-refractivity contribution < 1.29 is 17.1 Å². The van der Waals surface area contributed by atoms with Crippen molar-refractivity contribution >= 4 is 17.3 Å². The van der Waals surface area contributed by atoms with Crippen LogP contribution in [0.5, 0.6) is 0 Å². The lowest BCUT2D eigenvalue weighted by molar-refractivity contribution is -0.136. The lowest BCUT2D eigenvalue weighted by atomic mass is 9.58. The summed E-state index contributed by atoms with van der Waals surface area (Å²) in [5, 5.41) is 0. The first-order valence-corrected chi connectivity index (χ1v) is 7.81. The molecule has 2 fully saturated rings. The number of fused-ring (bicyclic) bond motifs is 3. The van der Waals surface area contributed by atoms with Crippen molar-refractivity contribution in [1.29, 1.82) is 0 Å². The van der Waals surface area contributed by atoms with E-state index >= 15 is 0 Å². The van der Waals surface area contributed by atoms with Crippen LogP contribution in [-0.4, -0.2) is 17.3 Å². The molecule has 0 amide bonds. The molecule has 3 nitrogen and oxygen atoms in total. The minimum atomic E-state index is -2.12. The van der Waals surface area contributed by atoms with Crippen LogP contribution in [0.1, 0.15) is 61.0 Å². The first kappa shape index (κ1) is 12.1. The summed E-state index contributed by atoms with van der Waals surface area (Å²) in [7, 11) is 0. The maximum atomic E-state index is 12.8. The first-order valence-electron chi connectivity index (χ1n) is 8.81. The predicted octanol–water partition coefficient (Wildman–Crippen LogP) is 2.71. The normalized spacial score (nSPS) is 43.9. The van der Waals surface area contributed by atoms with Gasteiger partial charge in [-0.3, -0.25) is 14.4 Å². The van der Waals surface area contributed by atoms with E-state index in [9.17, 15) is 14.4 Å². The summed E-state index contributed by atoms with van der Waals surface area (Å²) >= 11 is 0. The van der Waals surface area contributed by atoms with Gasteiger partial charge < -0.3 is 0 Å². The van der Waals surface area contributed by atoms with Gasteiger partial charge in [-0.05, 0) is 31.1 Å². The van der Waals surface area contributed by atoms with Gasteiger partial charge in [0.25, 0.3) is 0 Å². The number of hydrogen-bond donors (Lipinski definition) is 0. The van der Waals surface area contributed by atoms with Gasteiger partial charge >= 0.3 is 0 Å². The van der Waals surface area contributed by atoms with E-state index in [0.29, 0.717) is 25.7 Å². The van der Waals surface area contributed by atoms with Crippen LogP contribution in [-0.2, 0) is 14.4 Å². The van der Waals surface area contributed by atoms with Crippen molar-refractivity contribution in [2.45, 2.75) is 58.2 Å². The van der Waals surface area contributed by atoms with Crippen molar-refractivity contribution in [2.24, 2.45) is 23.2 Å². The molecule has 3 rings (SSSR count). The van der Waals surface area contributed by atoms with Gasteiger partial charge in [-0.25, -0.2) is 0 Å². The van der Waals surface area contributed by atoms with Gasteiger partial charge in [0, 0.05) is 39.7 Å². The molecule has 4 atom stereocenters. The summed E-state index contributed by atoms with van der Waals surface area (Å²) in [4.78, 5) is 36.8. The number of rotatable bonds is 0. The van der Waals surface area contributed by atoms with E-state index in [-0.39, 0.29) is 41.7 Å². The maximum absolute atomic E-state index is 12.8. The van der Waals surface area contributed by atoms with Crippen LogP contribution in [0.4, 0.5) is 0 Å². The Balaban J connectivity index is 1.98. The zero-order valence-electron chi connectivity index (χ0n) is 14.4. The number of carbonyl (C=O) groups is 3. The van der Waals surface area contributed by atoms with E-state index in [4.69, 9.17) is 2.74 Å². The molecule has 3 aliphatic rings. The average Bonchev–Trinajstić information content (AvgIpc) is 2.77. The predicted molar refractivity (Wildman–Crippen MR) is 78.3 cm³/mol. The Labute approximate surface area is 128 Å². The van der Waals surface area contributed by atoms with E-state index in [2.05, 4.69) is 11.8 Å². The summed E-state index contributed by atoms with van der Waals surface area (Å²) in [6.07, 6.45) is 0.474. The molecule has 0 aromatic heterocycles. The lowest BCUT2D eigenvalue weighted by Crippen LogP contribution is -2.44. The van der Waals surface area contributed by atoms with E-state index in [1.807, 2.05) is 6.92 Å². The van der Waals surface area contributed by atoms with Crippen LogP contribution >= 0.6 is 0 Å². The highest BCUT2D eigenvalue weighted by Gasteiger charge is 2.54. The zero-order valence-corrected chi connectivity index (χ0v) is 12.4. The molecule has 112 valence electrons. The van der Waals surface area contributed by atoms with Gasteiger partial charge in [0.2, 0.25) is 0 Å². The Morgan fingerprint density at radius 2 is 2.00 bits per heavy atom. The summed E-state index contributed by atoms with van der Waals surface area (Å²) in [5.41, 5.74) is -0.379. The zero-order chi connectivity index (χ0) is 16.8. The summed E-state index contributed by atoms with van der Waals surface area (Å²) in [5.74, 6) is 4.98. The van der Waals surface area contributed by atoms with E-state index in [1.54, 1.807) is 0 Å². The molecule has 0 heterocycles. The molecule has 21 heavy (non-hydrogen) atoms. The van der Waals surface area contributed by atoms with Crippen LogP contribution in [0.15, 0.2) is 0 Å². The van der Waals surface area contributed by atoms with Crippen molar-refractivity contribution in [1.82, 2.24) is 0 Å². The third kappa shape index (κ3) is 2.46. The molecular formula is C18H22O3. The number of ketones is 3.